The van der Waals surface area contributed by atoms with Crippen LogP contribution in [-0.4, -0.2) is 12.6 Å². The molecule has 0 aliphatic carbocycles. The van der Waals surface area contributed by atoms with Crippen LogP contribution in [0, 0.1) is 5.82 Å². The summed E-state index contributed by atoms with van der Waals surface area (Å²) in [5.41, 5.74) is 0.366. The molecule has 0 saturated carbocycles. The molecule has 0 saturated heterocycles. The van der Waals surface area contributed by atoms with E-state index >= 15 is 0 Å². The maximum atomic E-state index is 13.3. The molecule has 0 spiro atoms. The minimum Gasteiger partial charge on any atom is -0.493 e. The zero-order chi connectivity index (χ0) is 14.2. The predicted molar refractivity (Wildman–Crippen MR) is 72.8 cm³/mol. The Balaban J connectivity index is 1.70. The molecular weight excluding hydrogens is 259 g/mol. The molecular formula is C16H15FO3. The third kappa shape index (κ3) is 4.39. The zero-order valence-corrected chi connectivity index (χ0v) is 10.9. The average molecular weight is 274 g/mol. The van der Waals surface area contributed by atoms with Gasteiger partial charge in [0.2, 0.25) is 0 Å². The lowest BCUT2D eigenvalue weighted by Crippen LogP contribution is -2.10. The summed E-state index contributed by atoms with van der Waals surface area (Å²) in [7, 11) is 0. The number of carbonyl (C=O) groups is 1. The van der Waals surface area contributed by atoms with Crippen LogP contribution in [0.5, 0.6) is 5.75 Å². The van der Waals surface area contributed by atoms with Gasteiger partial charge in [-0.05, 0) is 18.2 Å². The lowest BCUT2D eigenvalue weighted by molar-refractivity contribution is -0.145. The van der Waals surface area contributed by atoms with Gasteiger partial charge in [-0.25, -0.2) is 4.39 Å². The number of esters is 1. The largest absolute Gasteiger partial charge is 0.493 e. The van der Waals surface area contributed by atoms with Crippen LogP contribution in [-0.2, 0) is 16.1 Å². The first-order valence-electron chi connectivity index (χ1n) is 6.32. The minimum absolute atomic E-state index is 0.0587. The molecule has 0 fully saturated rings. The first kappa shape index (κ1) is 14.1. The van der Waals surface area contributed by atoms with Crippen molar-refractivity contribution in [3.8, 4) is 5.75 Å². The molecule has 2 aromatic rings. The van der Waals surface area contributed by atoms with Crippen molar-refractivity contribution >= 4 is 5.97 Å². The molecule has 0 aliphatic heterocycles. The van der Waals surface area contributed by atoms with E-state index < -0.39 is 5.97 Å². The summed E-state index contributed by atoms with van der Waals surface area (Å²) in [6, 6.07) is 15.4. The molecule has 2 aromatic carbocycles. The van der Waals surface area contributed by atoms with Gasteiger partial charge >= 0.3 is 5.97 Å². The molecule has 0 atom stereocenters. The third-order valence-corrected chi connectivity index (χ3v) is 2.66. The van der Waals surface area contributed by atoms with Crippen molar-refractivity contribution in [1.29, 1.82) is 0 Å². The molecule has 0 amide bonds. The van der Waals surface area contributed by atoms with Gasteiger partial charge in [-0.1, -0.05) is 36.4 Å². The quantitative estimate of drug-likeness (QED) is 0.758. The SMILES string of the molecule is O=C(CCOc1ccccc1)OCc1ccccc1F. The van der Waals surface area contributed by atoms with Crippen molar-refractivity contribution in [2.45, 2.75) is 13.0 Å². The van der Waals surface area contributed by atoms with Crippen LogP contribution in [0.1, 0.15) is 12.0 Å². The summed E-state index contributed by atoms with van der Waals surface area (Å²) in [6.07, 6.45) is 0.128. The van der Waals surface area contributed by atoms with E-state index in [1.807, 2.05) is 30.3 Å². The summed E-state index contributed by atoms with van der Waals surface area (Å²) in [6.45, 7) is 0.178. The molecule has 2 rings (SSSR count). The maximum absolute atomic E-state index is 13.3. The van der Waals surface area contributed by atoms with Gasteiger partial charge in [-0.15, -0.1) is 0 Å². The molecule has 0 aliphatic rings. The highest BCUT2D eigenvalue weighted by Crippen LogP contribution is 2.10. The van der Waals surface area contributed by atoms with Gasteiger partial charge in [-0.2, -0.15) is 0 Å². The topological polar surface area (TPSA) is 35.5 Å². The summed E-state index contributed by atoms with van der Waals surface area (Å²) in [5, 5.41) is 0. The molecule has 0 unspecified atom stereocenters. The third-order valence-electron chi connectivity index (χ3n) is 2.66. The van der Waals surface area contributed by atoms with Gasteiger partial charge in [0.05, 0.1) is 13.0 Å². The smallest absolute Gasteiger partial charge is 0.309 e. The monoisotopic (exact) mass is 274 g/mol. The number of halogens is 1. The summed E-state index contributed by atoms with van der Waals surface area (Å²) in [5.74, 6) is -0.0839. The molecule has 0 aromatic heterocycles. The van der Waals surface area contributed by atoms with E-state index in [4.69, 9.17) is 9.47 Å². The van der Waals surface area contributed by atoms with Crippen molar-refractivity contribution in [2.24, 2.45) is 0 Å². The fourth-order valence-electron chi connectivity index (χ4n) is 1.61. The highest BCUT2D eigenvalue weighted by molar-refractivity contribution is 5.69. The fourth-order valence-corrected chi connectivity index (χ4v) is 1.61. The average Bonchev–Trinajstić information content (AvgIpc) is 2.47. The van der Waals surface area contributed by atoms with Gasteiger partial charge in [0.1, 0.15) is 18.2 Å². The van der Waals surface area contributed by atoms with Crippen LogP contribution < -0.4 is 4.74 Å². The molecule has 0 radical (unpaired) electrons. The first-order valence-corrected chi connectivity index (χ1v) is 6.32. The summed E-state index contributed by atoms with van der Waals surface area (Å²) < 4.78 is 23.7. The van der Waals surface area contributed by atoms with Crippen LogP contribution in [0.3, 0.4) is 0 Å². The fraction of sp³-hybridized carbons (Fsp3) is 0.188. The van der Waals surface area contributed by atoms with Gasteiger partial charge in [0, 0.05) is 5.56 Å². The molecule has 0 bridgehead atoms. The first-order chi connectivity index (χ1) is 9.75. The Morgan fingerprint density at radius 3 is 2.45 bits per heavy atom. The van der Waals surface area contributed by atoms with Crippen LogP contribution in [0.2, 0.25) is 0 Å². The van der Waals surface area contributed by atoms with Gasteiger partial charge < -0.3 is 9.47 Å². The second-order valence-corrected chi connectivity index (χ2v) is 4.16. The normalized spacial score (nSPS) is 10.1. The molecule has 20 heavy (non-hydrogen) atoms. The molecule has 0 N–H and O–H groups in total. The lowest BCUT2D eigenvalue weighted by Gasteiger charge is -2.07. The van der Waals surface area contributed by atoms with Crippen LogP contribution in [0.15, 0.2) is 54.6 Å². The van der Waals surface area contributed by atoms with E-state index in [1.54, 1.807) is 18.2 Å². The summed E-state index contributed by atoms with van der Waals surface area (Å²) >= 11 is 0. The van der Waals surface area contributed by atoms with Gasteiger partial charge in [0.25, 0.3) is 0 Å². The Morgan fingerprint density at radius 1 is 1.00 bits per heavy atom. The Morgan fingerprint density at radius 2 is 1.70 bits per heavy atom. The van der Waals surface area contributed by atoms with E-state index in [9.17, 15) is 9.18 Å². The Labute approximate surface area is 117 Å². The number of hydrogen-bond acceptors (Lipinski definition) is 3. The predicted octanol–water partition coefficient (Wildman–Crippen LogP) is 3.34. The molecule has 0 heterocycles. The van der Waals surface area contributed by atoms with Crippen molar-refractivity contribution in [3.63, 3.8) is 0 Å². The number of ether oxygens (including phenoxy) is 2. The number of benzene rings is 2. The molecule has 3 nitrogen and oxygen atoms in total. The van der Waals surface area contributed by atoms with Crippen molar-refractivity contribution in [3.05, 3.63) is 66.0 Å². The van der Waals surface area contributed by atoms with Crippen LogP contribution in [0.25, 0.3) is 0 Å². The van der Waals surface area contributed by atoms with E-state index in [2.05, 4.69) is 0 Å². The van der Waals surface area contributed by atoms with Crippen LogP contribution in [0.4, 0.5) is 4.39 Å². The van der Waals surface area contributed by atoms with E-state index in [0.717, 1.165) is 0 Å². The zero-order valence-electron chi connectivity index (χ0n) is 10.9. The van der Waals surface area contributed by atoms with Crippen molar-refractivity contribution < 1.29 is 18.7 Å². The second-order valence-electron chi connectivity index (χ2n) is 4.16. The molecule has 104 valence electrons. The second kappa shape index (κ2) is 7.28. The Bertz CT molecular complexity index is 555. The van der Waals surface area contributed by atoms with E-state index in [0.29, 0.717) is 11.3 Å². The minimum atomic E-state index is -0.413. The van der Waals surface area contributed by atoms with Crippen molar-refractivity contribution in [1.82, 2.24) is 0 Å². The Hall–Kier alpha value is -2.36. The number of rotatable bonds is 6. The number of para-hydroxylation sites is 1. The van der Waals surface area contributed by atoms with E-state index in [1.165, 1.54) is 6.07 Å². The van der Waals surface area contributed by atoms with E-state index in [-0.39, 0.29) is 25.5 Å². The van der Waals surface area contributed by atoms with Crippen LogP contribution >= 0.6 is 0 Å². The summed E-state index contributed by atoms with van der Waals surface area (Å²) in [4.78, 5) is 11.5. The standard InChI is InChI=1S/C16H15FO3/c17-15-9-5-4-6-13(15)12-20-16(18)10-11-19-14-7-2-1-3-8-14/h1-9H,10-12H2. The van der Waals surface area contributed by atoms with Crippen molar-refractivity contribution in [2.75, 3.05) is 6.61 Å². The number of carbonyl (C=O) groups excluding carboxylic acids is 1. The van der Waals surface area contributed by atoms with Gasteiger partial charge in [-0.3, -0.25) is 4.79 Å². The number of hydrogen-bond donors (Lipinski definition) is 0. The maximum Gasteiger partial charge on any atom is 0.309 e. The lowest BCUT2D eigenvalue weighted by atomic mass is 10.2. The Kier molecular flexibility index (Phi) is 5.12. The highest BCUT2D eigenvalue weighted by Gasteiger charge is 2.06. The highest BCUT2D eigenvalue weighted by atomic mass is 19.1. The molecule has 4 heteroatoms. The van der Waals surface area contributed by atoms with Gasteiger partial charge in [0.15, 0.2) is 0 Å².